The van der Waals surface area contributed by atoms with Crippen LogP contribution in [0.1, 0.15) is 112 Å². The molecule has 5 aliphatic rings. The summed E-state index contributed by atoms with van der Waals surface area (Å²) in [5.74, 6) is 1.53. The van der Waals surface area contributed by atoms with Gasteiger partial charge >= 0.3 is 0 Å². The van der Waals surface area contributed by atoms with Crippen LogP contribution in [0, 0.1) is 50.2 Å². The van der Waals surface area contributed by atoms with Gasteiger partial charge in [-0.25, -0.2) is 0 Å². The van der Waals surface area contributed by atoms with Crippen molar-refractivity contribution in [1.82, 2.24) is 0 Å². The summed E-state index contributed by atoms with van der Waals surface area (Å²) in [7, 11) is 0. The number of carbonyl (C=O) groups is 1. The van der Waals surface area contributed by atoms with Crippen LogP contribution in [0.25, 0.3) is 6.08 Å². The maximum Gasteiger partial charge on any atom is 0.159 e. The lowest BCUT2D eigenvalue weighted by atomic mass is 9.35. The van der Waals surface area contributed by atoms with Crippen molar-refractivity contribution >= 4 is 11.9 Å². The molecule has 0 bridgehead atoms. The van der Waals surface area contributed by atoms with Crippen LogP contribution in [0.5, 0.6) is 5.75 Å². The van der Waals surface area contributed by atoms with E-state index in [2.05, 4.69) is 60.6 Å². The van der Waals surface area contributed by atoms with E-state index in [0.717, 1.165) is 44.1 Å². The maximum atomic E-state index is 13.7. The molecular weight excluding hydrogens is 516 g/mol. The third-order valence-corrected chi connectivity index (χ3v) is 14.4. The molecule has 1 unspecified atom stereocenters. The van der Waals surface area contributed by atoms with Crippen molar-refractivity contribution in [3.05, 3.63) is 59.2 Å². The van der Waals surface area contributed by atoms with Gasteiger partial charge in [0.05, 0.1) is 0 Å². The Bertz CT molecular complexity index is 1350. The normalized spacial score (nSPS) is 44.2. The Morgan fingerprint density at radius 2 is 1.57 bits per heavy atom. The zero-order chi connectivity index (χ0) is 30.3. The van der Waals surface area contributed by atoms with Crippen molar-refractivity contribution < 1.29 is 15.0 Å². The number of aliphatic hydroxyl groups excluding tert-OH is 1. The molecule has 5 aliphatic carbocycles. The summed E-state index contributed by atoms with van der Waals surface area (Å²) in [6.45, 7) is 17.6. The van der Waals surface area contributed by atoms with Gasteiger partial charge < -0.3 is 10.2 Å². The van der Waals surface area contributed by atoms with Crippen molar-refractivity contribution in [1.29, 1.82) is 0 Å². The van der Waals surface area contributed by atoms with Gasteiger partial charge in [-0.05, 0) is 137 Å². The highest BCUT2D eigenvalue weighted by Crippen LogP contribution is 2.74. The molecule has 1 aromatic carbocycles. The average Bonchev–Trinajstić information content (AvgIpc) is 2.94. The van der Waals surface area contributed by atoms with Crippen LogP contribution in [0.3, 0.4) is 0 Å². The second-order valence-electron chi connectivity index (χ2n) is 17.0. The average molecular weight is 571 g/mol. The molecule has 0 aliphatic heterocycles. The lowest BCUT2D eigenvalue weighted by Gasteiger charge is -2.69. The zero-order valence-electron chi connectivity index (χ0n) is 27.2. The third kappa shape index (κ3) is 4.19. The quantitative estimate of drug-likeness (QED) is 0.355. The van der Waals surface area contributed by atoms with Gasteiger partial charge in [-0.15, -0.1) is 0 Å². The summed E-state index contributed by atoms with van der Waals surface area (Å²) < 4.78 is 0. The number of benzene rings is 1. The highest BCUT2D eigenvalue weighted by Gasteiger charge is 2.66. The second-order valence-corrected chi connectivity index (χ2v) is 17.0. The Balaban J connectivity index is 1.30. The van der Waals surface area contributed by atoms with Crippen LogP contribution in [0.15, 0.2) is 53.6 Å². The van der Waals surface area contributed by atoms with Crippen LogP contribution < -0.4 is 0 Å². The molecule has 1 aromatic rings. The first-order chi connectivity index (χ1) is 19.6. The van der Waals surface area contributed by atoms with E-state index in [4.69, 9.17) is 0 Å². The van der Waals surface area contributed by atoms with Gasteiger partial charge in [0, 0.05) is 12.5 Å². The molecule has 228 valence electrons. The Morgan fingerprint density at radius 1 is 0.881 bits per heavy atom. The van der Waals surface area contributed by atoms with E-state index in [0.29, 0.717) is 23.9 Å². The van der Waals surface area contributed by atoms with E-state index >= 15 is 0 Å². The minimum Gasteiger partial charge on any atom is -0.508 e. The summed E-state index contributed by atoms with van der Waals surface area (Å²) in [6.07, 6.45) is 19.2. The van der Waals surface area contributed by atoms with Gasteiger partial charge in [-0.2, -0.15) is 0 Å². The number of fused-ring (bicyclic) bond motifs is 7. The summed E-state index contributed by atoms with van der Waals surface area (Å²) in [5.41, 5.74) is 4.89. The lowest BCUT2D eigenvalue weighted by Crippen LogP contribution is -2.61. The largest absolute Gasteiger partial charge is 0.508 e. The van der Waals surface area contributed by atoms with Crippen molar-refractivity contribution in [2.24, 2.45) is 50.2 Å². The number of allylic oxidation sites excluding steroid dienone is 5. The number of phenolic OH excluding ortho intramolecular Hbond substituents is 1. The Kier molecular flexibility index (Phi) is 6.90. The SMILES string of the molecule is CC1(C)[C@@H](C(=O)C=Cc2ccc(O)cc2)CC[C@]2(C)C3=CC[C@]4(C)C5C[C@](C)(CO)CC[C@]5(C)CC[C@]4(C)C3=CC[C@H]12. The molecular formula is C39H54O3. The fourth-order valence-corrected chi connectivity index (χ4v) is 11.2. The maximum absolute atomic E-state index is 13.7. The fraction of sp³-hybridized carbons (Fsp3) is 0.667. The first kappa shape index (κ1) is 29.9. The number of ketones is 1. The Labute approximate surface area is 254 Å². The summed E-state index contributed by atoms with van der Waals surface area (Å²) >= 11 is 0. The van der Waals surface area contributed by atoms with E-state index in [1.807, 2.05) is 18.2 Å². The molecule has 0 radical (unpaired) electrons. The first-order valence-corrected chi connectivity index (χ1v) is 16.7. The van der Waals surface area contributed by atoms with E-state index in [1.54, 1.807) is 29.4 Å². The fourth-order valence-electron chi connectivity index (χ4n) is 11.2. The second kappa shape index (κ2) is 9.68. The Morgan fingerprint density at radius 3 is 2.26 bits per heavy atom. The molecule has 8 atom stereocenters. The summed E-state index contributed by atoms with van der Waals surface area (Å²) in [5, 5.41) is 20.0. The molecule has 0 spiro atoms. The van der Waals surface area contributed by atoms with E-state index in [9.17, 15) is 15.0 Å². The molecule has 3 heteroatoms. The van der Waals surface area contributed by atoms with Crippen molar-refractivity contribution in [2.75, 3.05) is 6.61 Å². The van der Waals surface area contributed by atoms with Gasteiger partial charge in [0.25, 0.3) is 0 Å². The van der Waals surface area contributed by atoms with Crippen molar-refractivity contribution in [3.8, 4) is 5.75 Å². The molecule has 0 aromatic heterocycles. The molecule has 3 nitrogen and oxygen atoms in total. The van der Waals surface area contributed by atoms with Gasteiger partial charge in [0.1, 0.15) is 5.75 Å². The first-order valence-electron chi connectivity index (χ1n) is 16.7. The molecule has 42 heavy (non-hydrogen) atoms. The molecule has 0 saturated heterocycles. The van der Waals surface area contributed by atoms with Crippen molar-refractivity contribution in [3.63, 3.8) is 0 Å². The molecule has 0 heterocycles. The molecule has 0 amide bonds. The monoisotopic (exact) mass is 570 g/mol. The number of carbonyl (C=O) groups excluding carboxylic acids is 1. The minimum atomic E-state index is -0.106. The predicted octanol–water partition coefficient (Wildman–Crippen LogP) is 9.30. The standard InChI is InChI=1S/C39H54O3/c1-34(2)30(31(42)14-10-26-8-11-27(41)12-9-26)16-18-37(5)28-17-19-39(7)33-24-35(3,25-40)20-21-36(33,4)22-23-38(39,6)29(28)13-15-32(34)37/h8-14,17,30,32-33,40-41H,15-16,18-25H2,1-7H3/t30-,32-,33?,35-,36-,37-,38-,39-/m1/s1. The van der Waals surface area contributed by atoms with Crippen LogP contribution in [0.2, 0.25) is 0 Å². The smallest absolute Gasteiger partial charge is 0.159 e. The van der Waals surface area contributed by atoms with E-state index < -0.39 is 0 Å². The third-order valence-electron chi connectivity index (χ3n) is 14.4. The highest BCUT2D eigenvalue weighted by atomic mass is 16.3. The summed E-state index contributed by atoms with van der Waals surface area (Å²) in [6, 6.07) is 7.04. The number of aliphatic hydroxyl groups is 1. The molecule has 3 fully saturated rings. The topological polar surface area (TPSA) is 57.5 Å². The number of phenols is 1. The van der Waals surface area contributed by atoms with E-state index in [-0.39, 0.29) is 44.5 Å². The van der Waals surface area contributed by atoms with Crippen LogP contribution in [-0.4, -0.2) is 22.6 Å². The van der Waals surface area contributed by atoms with Gasteiger partial charge in [0.2, 0.25) is 0 Å². The van der Waals surface area contributed by atoms with Gasteiger partial charge in [0.15, 0.2) is 5.78 Å². The highest BCUT2D eigenvalue weighted by molar-refractivity contribution is 5.96. The number of rotatable bonds is 4. The molecule has 3 saturated carbocycles. The van der Waals surface area contributed by atoms with Crippen LogP contribution in [0.4, 0.5) is 0 Å². The molecule has 6 rings (SSSR count). The number of hydrogen-bond acceptors (Lipinski definition) is 3. The predicted molar refractivity (Wildman–Crippen MR) is 172 cm³/mol. The van der Waals surface area contributed by atoms with Crippen LogP contribution in [-0.2, 0) is 4.79 Å². The van der Waals surface area contributed by atoms with Gasteiger partial charge in [-0.1, -0.05) is 78.8 Å². The van der Waals surface area contributed by atoms with Crippen LogP contribution >= 0.6 is 0 Å². The lowest BCUT2D eigenvalue weighted by molar-refractivity contribution is -0.149. The van der Waals surface area contributed by atoms with Crippen molar-refractivity contribution in [2.45, 2.75) is 106 Å². The number of hydrogen-bond donors (Lipinski definition) is 2. The Hall–Kier alpha value is -2.13. The number of aromatic hydroxyl groups is 1. The van der Waals surface area contributed by atoms with E-state index in [1.165, 1.54) is 19.3 Å². The minimum absolute atomic E-state index is 0.0118. The molecule has 2 N–H and O–H groups in total. The van der Waals surface area contributed by atoms with Gasteiger partial charge in [-0.3, -0.25) is 4.79 Å². The zero-order valence-corrected chi connectivity index (χ0v) is 27.2. The summed E-state index contributed by atoms with van der Waals surface area (Å²) in [4.78, 5) is 13.7.